The highest BCUT2D eigenvalue weighted by atomic mass is 127. The summed E-state index contributed by atoms with van der Waals surface area (Å²) in [4.78, 5) is 16.4. The van der Waals surface area contributed by atoms with E-state index in [2.05, 4.69) is 32.3 Å². The molecule has 0 spiro atoms. The van der Waals surface area contributed by atoms with Crippen molar-refractivity contribution in [3.05, 3.63) is 59.7 Å². The van der Waals surface area contributed by atoms with Crippen LogP contribution in [0.1, 0.15) is 31.9 Å². The maximum Gasteiger partial charge on any atom is 0.319 e. The van der Waals surface area contributed by atoms with E-state index in [1.54, 1.807) is 0 Å². The second-order valence-electron chi connectivity index (χ2n) is 7.58. The Kier molecular flexibility index (Phi) is 9.90. The van der Waals surface area contributed by atoms with Gasteiger partial charge in [0.05, 0.1) is 13.1 Å². The third-order valence-corrected chi connectivity index (χ3v) is 4.61. The molecule has 1 aliphatic rings. The summed E-state index contributed by atoms with van der Waals surface area (Å²) in [6, 6.07) is 15.8. The van der Waals surface area contributed by atoms with Crippen LogP contribution in [0.5, 0.6) is 5.75 Å². The number of nitrogens with zero attached hydrogens (tertiary/aromatic N) is 1. The van der Waals surface area contributed by atoms with Crippen LogP contribution in [-0.2, 0) is 13.0 Å². The van der Waals surface area contributed by atoms with E-state index in [1.807, 2.05) is 63.2 Å². The van der Waals surface area contributed by atoms with Crippen LogP contribution in [0, 0.1) is 0 Å². The lowest BCUT2D eigenvalue weighted by atomic mass is 10.1. The molecule has 0 fully saturated rings. The number of benzene rings is 2. The largest absolute Gasteiger partial charge is 0.488 e. The number of carbonyl (C=O) groups excluding carboxylic acids is 1. The van der Waals surface area contributed by atoms with Gasteiger partial charge in [0.25, 0.3) is 0 Å². The topological polar surface area (TPSA) is 86.8 Å². The minimum Gasteiger partial charge on any atom is -0.488 e. The first kappa shape index (κ1) is 24.8. The van der Waals surface area contributed by atoms with E-state index in [4.69, 9.17) is 4.74 Å². The number of nitrogens with one attached hydrogen (secondary N) is 4. The number of hydrogen-bond donors (Lipinski definition) is 4. The molecule has 2 aromatic rings. The van der Waals surface area contributed by atoms with Crippen LogP contribution in [-0.4, -0.2) is 37.2 Å². The van der Waals surface area contributed by atoms with Gasteiger partial charge in [-0.05, 0) is 50.1 Å². The van der Waals surface area contributed by atoms with E-state index >= 15 is 0 Å². The van der Waals surface area contributed by atoms with Gasteiger partial charge < -0.3 is 26.0 Å². The van der Waals surface area contributed by atoms with Crippen LogP contribution in [0.15, 0.2) is 53.5 Å². The Morgan fingerprint density at radius 3 is 2.55 bits per heavy atom. The predicted molar refractivity (Wildman–Crippen MR) is 137 cm³/mol. The highest BCUT2D eigenvalue weighted by Crippen LogP contribution is 2.27. The molecule has 4 N–H and O–H groups in total. The molecule has 1 heterocycles. The molecule has 0 aromatic heterocycles. The van der Waals surface area contributed by atoms with Crippen molar-refractivity contribution >= 4 is 41.7 Å². The molecule has 1 atom stereocenters. The summed E-state index contributed by atoms with van der Waals surface area (Å²) in [7, 11) is 0. The molecule has 31 heavy (non-hydrogen) atoms. The average Bonchev–Trinajstić information content (AvgIpc) is 3.13. The molecule has 7 nitrogen and oxygen atoms in total. The summed E-state index contributed by atoms with van der Waals surface area (Å²) < 4.78 is 5.98. The number of carbonyl (C=O) groups is 1. The minimum atomic E-state index is -0.203. The van der Waals surface area contributed by atoms with Crippen LogP contribution in [0.25, 0.3) is 0 Å². The van der Waals surface area contributed by atoms with Gasteiger partial charge >= 0.3 is 6.03 Å². The molecule has 168 valence electrons. The summed E-state index contributed by atoms with van der Waals surface area (Å²) >= 11 is 0. The lowest BCUT2D eigenvalue weighted by molar-refractivity contribution is 0.235. The number of aliphatic imine (C=N–C) groups is 1. The van der Waals surface area contributed by atoms with Crippen LogP contribution < -0.4 is 26.0 Å². The van der Waals surface area contributed by atoms with Gasteiger partial charge in [-0.25, -0.2) is 9.79 Å². The van der Waals surface area contributed by atoms with Crippen molar-refractivity contribution in [1.82, 2.24) is 16.0 Å². The van der Waals surface area contributed by atoms with E-state index in [1.165, 1.54) is 5.56 Å². The van der Waals surface area contributed by atoms with E-state index in [-0.39, 0.29) is 42.2 Å². The van der Waals surface area contributed by atoms with Crippen LogP contribution in [0.3, 0.4) is 0 Å². The summed E-state index contributed by atoms with van der Waals surface area (Å²) in [6.07, 6.45) is 1.01. The van der Waals surface area contributed by atoms with E-state index in [9.17, 15) is 4.79 Å². The zero-order chi connectivity index (χ0) is 21.3. The summed E-state index contributed by atoms with van der Waals surface area (Å²) in [5, 5.41) is 12.3. The molecule has 2 aromatic carbocycles. The van der Waals surface area contributed by atoms with Gasteiger partial charge in [-0.1, -0.05) is 30.3 Å². The van der Waals surface area contributed by atoms with Crippen molar-refractivity contribution in [3.63, 3.8) is 0 Å². The quantitative estimate of drug-likeness (QED) is 0.245. The zero-order valence-corrected chi connectivity index (χ0v) is 20.6. The molecule has 3 rings (SSSR count). The zero-order valence-electron chi connectivity index (χ0n) is 18.3. The standard InChI is InChI=1S/C23H31N5O2.HI/c1-4-24-22(26-15-20-13-18-7-5-6-8-21(18)30-20)25-14-17-9-11-19(12-10-17)28-23(29)27-16(2)3;/h5-12,16,20H,4,13-15H2,1-3H3,(H2,24,25,26)(H2,27,28,29);1H. The Balaban J connectivity index is 0.00000341. The lowest BCUT2D eigenvalue weighted by Crippen LogP contribution is -2.42. The molecule has 2 amide bonds. The van der Waals surface area contributed by atoms with E-state index < -0.39 is 0 Å². The van der Waals surface area contributed by atoms with Gasteiger partial charge in [-0.2, -0.15) is 0 Å². The predicted octanol–water partition coefficient (Wildman–Crippen LogP) is 3.89. The van der Waals surface area contributed by atoms with Crippen molar-refractivity contribution in [2.75, 3.05) is 18.4 Å². The fourth-order valence-electron chi connectivity index (χ4n) is 3.21. The first-order chi connectivity index (χ1) is 14.5. The fraction of sp³-hybridized carbons (Fsp3) is 0.391. The summed E-state index contributed by atoms with van der Waals surface area (Å²) in [5.41, 5.74) is 3.07. The number of fused-ring (bicyclic) bond motifs is 1. The minimum absolute atomic E-state index is 0. The van der Waals surface area contributed by atoms with Crippen molar-refractivity contribution in [2.45, 2.75) is 45.9 Å². The molecular weight excluding hydrogens is 505 g/mol. The van der Waals surface area contributed by atoms with E-state index in [0.29, 0.717) is 13.1 Å². The number of anilines is 1. The highest BCUT2D eigenvalue weighted by molar-refractivity contribution is 14.0. The second-order valence-corrected chi connectivity index (χ2v) is 7.58. The summed E-state index contributed by atoms with van der Waals surface area (Å²) in [5.74, 6) is 1.73. The molecular formula is C23H32IN5O2. The fourth-order valence-corrected chi connectivity index (χ4v) is 3.21. The Labute approximate surface area is 201 Å². The molecule has 0 saturated carbocycles. The maximum absolute atomic E-state index is 11.8. The third-order valence-electron chi connectivity index (χ3n) is 4.61. The molecule has 0 saturated heterocycles. The van der Waals surface area contributed by atoms with Crippen molar-refractivity contribution in [2.24, 2.45) is 4.99 Å². The van der Waals surface area contributed by atoms with Crippen molar-refractivity contribution in [3.8, 4) is 5.75 Å². The van der Waals surface area contributed by atoms with Gasteiger partial charge in [0.2, 0.25) is 0 Å². The lowest BCUT2D eigenvalue weighted by Gasteiger charge is -2.15. The molecule has 0 radical (unpaired) electrons. The number of para-hydroxylation sites is 1. The number of amides is 2. The number of ether oxygens (including phenoxy) is 1. The Morgan fingerprint density at radius 1 is 1.13 bits per heavy atom. The summed E-state index contributed by atoms with van der Waals surface area (Å²) in [6.45, 7) is 7.91. The second kappa shape index (κ2) is 12.4. The Hall–Kier alpha value is -2.49. The highest BCUT2D eigenvalue weighted by Gasteiger charge is 2.22. The van der Waals surface area contributed by atoms with Gasteiger partial charge in [-0.15, -0.1) is 24.0 Å². The Morgan fingerprint density at radius 2 is 1.87 bits per heavy atom. The monoisotopic (exact) mass is 537 g/mol. The molecule has 8 heteroatoms. The number of halogens is 1. The normalized spacial score (nSPS) is 14.8. The van der Waals surface area contributed by atoms with Crippen LogP contribution >= 0.6 is 24.0 Å². The number of rotatable bonds is 7. The number of urea groups is 1. The van der Waals surface area contributed by atoms with Crippen LogP contribution in [0.4, 0.5) is 10.5 Å². The van der Waals surface area contributed by atoms with Gasteiger partial charge in [-0.3, -0.25) is 0 Å². The van der Waals surface area contributed by atoms with Crippen molar-refractivity contribution < 1.29 is 9.53 Å². The molecule has 1 unspecified atom stereocenters. The smallest absolute Gasteiger partial charge is 0.319 e. The Bertz CT molecular complexity index is 846. The number of guanidine groups is 1. The first-order valence-electron chi connectivity index (χ1n) is 10.5. The average molecular weight is 537 g/mol. The first-order valence-corrected chi connectivity index (χ1v) is 10.5. The van der Waals surface area contributed by atoms with E-state index in [0.717, 1.165) is 35.9 Å². The molecule has 0 bridgehead atoms. The number of hydrogen-bond acceptors (Lipinski definition) is 3. The maximum atomic E-state index is 11.8. The molecule has 0 aliphatic carbocycles. The third kappa shape index (κ3) is 7.93. The molecule has 1 aliphatic heterocycles. The van der Waals surface area contributed by atoms with Gasteiger partial charge in [0.15, 0.2) is 5.96 Å². The SMILES string of the molecule is CCNC(=NCc1ccc(NC(=O)NC(C)C)cc1)NCC1Cc2ccccc2O1.I. The van der Waals surface area contributed by atoms with Crippen molar-refractivity contribution in [1.29, 1.82) is 0 Å². The van der Waals surface area contributed by atoms with Crippen LogP contribution in [0.2, 0.25) is 0 Å². The van der Waals surface area contributed by atoms with Gasteiger partial charge in [0.1, 0.15) is 11.9 Å². The van der Waals surface area contributed by atoms with Gasteiger partial charge in [0, 0.05) is 24.7 Å².